The smallest absolute Gasteiger partial charge is 0.205 e. The van der Waals surface area contributed by atoms with Gasteiger partial charge in [-0.25, -0.2) is 4.98 Å². The molecule has 0 spiro atoms. The van der Waals surface area contributed by atoms with E-state index < -0.39 is 0 Å². The van der Waals surface area contributed by atoms with Crippen LogP contribution in [0.2, 0.25) is 0 Å². The van der Waals surface area contributed by atoms with Gasteiger partial charge in [-0.3, -0.25) is 5.41 Å². The Morgan fingerprint density at radius 1 is 1.38 bits per heavy atom. The number of rotatable bonds is 4. The normalized spacial score (nSPS) is 11.4. The Hall–Kier alpha value is -1.95. The predicted octanol–water partition coefficient (Wildman–Crippen LogP) is 2.76. The van der Waals surface area contributed by atoms with Gasteiger partial charge in [0.2, 0.25) is 5.13 Å². The fourth-order valence-corrected chi connectivity index (χ4v) is 2.67. The van der Waals surface area contributed by atoms with Crippen LogP contribution in [-0.4, -0.2) is 22.2 Å². The van der Waals surface area contributed by atoms with Gasteiger partial charge < -0.3 is 10.6 Å². The van der Waals surface area contributed by atoms with E-state index in [9.17, 15) is 0 Å². The molecule has 21 heavy (non-hydrogen) atoms. The highest BCUT2D eigenvalue weighted by Gasteiger charge is 2.20. The molecule has 5 nitrogen and oxygen atoms in total. The van der Waals surface area contributed by atoms with Crippen molar-refractivity contribution in [2.24, 2.45) is 5.73 Å². The van der Waals surface area contributed by atoms with Crippen LogP contribution >= 0.6 is 11.5 Å². The van der Waals surface area contributed by atoms with E-state index in [0.29, 0.717) is 6.54 Å². The number of hydrogen-bond acceptors (Lipinski definition) is 5. The van der Waals surface area contributed by atoms with Gasteiger partial charge in [-0.15, -0.1) is 0 Å². The maximum Gasteiger partial charge on any atom is 0.205 e. The molecule has 1 aromatic heterocycles. The fourth-order valence-electron chi connectivity index (χ4n) is 1.85. The van der Waals surface area contributed by atoms with E-state index in [-0.39, 0.29) is 11.3 Å². The third kappa shape index (κ3) is 3.78. The summed E-state index contributed by atoms with van der Waals surface area (Å²) >= 11 is 1.41. The Kier molecular flexibility index (Phi) is 4.27. The Labute approximate surface area is 129 Å². The van der Waals surface area contributed by atoms with Gasteiger partial charge in [0.05, 0.1) is 0 Å². The third-order valence-corrected chi connectivity index (χ3v) is 3.90. The Bertz CT molecular complexity index is 642. The van der Waals surface area contributed by atoms with Crippen LogP contribution in [0, 0.1) is 5.41 Å². The van der Waals surface area contributed by atoms with Crippen LogP contribution in [-0.2, 0) is 12.0 Å². The van der Waals surface area contributed by atoms with Gasteiger partial charge in [0.25, 0.3) is 0 Å². The molecule has 0 aliphatic heterocycles. The molecule has 0 unspecified atom stereocenters. The molecule has 0 aliphatic rings. The van der Waals surface area contributed by atoms with Crippen molar-refractivity contribution in [3.8, 4) is 0 Å². The quantitative estimate of drug-likeness (QED) is 0.672. The van der Waals surface area contributed by atoms with Gasteiger partial charge in [-0.1, -0.05) is 39.0 Å². The number of aromatic nitrogens is 2. The van der Waals surface area contributed by atoms with Crippen molar-refractivity contribution < 1.29 is 0 Å². The van der Waals surface area contributed by atoms with Gasteiger partial charge in [0.1, 0.15) is 11.7 Å². The summed E-state index contributed by atoms with van der Waals surface area (Å²) in [5, 5.41) is 8.39. The van der Waals surface area contributed by atoms with Gasteiger partial charge in [-0.2, -0.15) is 4.37 Å². The number of nitrogens with two attached hydrogens (primary N) is 1. The standard InChI is InChI=1S/C15H21N5S/c1-15(2,3)13-18-14(21-19-13)20(4)9-10-6-5-7-11(8-10)12(16)17/h5-8H,9H2,1-4H3,(H3,16,17). The van der Waals surface area contributed by atoms with Crippen molar-refractivity contribution in [3.05, 3.63) is 41.2 Å². The van der Waals surface area contributed by atoms with E-state index in [1.54, 1.807) is 0 Å². The molecule has 6 heteroatoms. The summed E-state index contributed by atoms with van der Waals surface area (Å²) in [4.78, 5) is 6.66. The van der Waals surface area contributed by atoms with E-state index in [0.717, 1.165) is 22.1 Å². The zero-order valence-corrected chi connectivity index (χ0v) is 13.7. The summed E-state index contributed by atoms with van der Waals surface area (Å²) < 4.78 is 4.43. The summed E-state index contributed by atoms with van der Waals surface area (Å²) in [6.45, 7) is 7.03. The maximum absolute atomic E-state index is 7.49. The van der Waals surface area contributed by atoms with Gasteiger partial charge in [0.15, 0.2) is 0 Å². The lowest BCUT2D eigenvalue weighted by Gasteiger charge is -2.16. The van der Waals surface area contributed by atoms with E-state index in [4.69, 9.17) is 11.1 Å². The van der Waals surface area contributed by atoms with Crippen molar-refractivity contribution in [1.82, 2.24) is 9.36 Å². The van der Waals surface area contributed by atoms with Crippen molar-refractivity contribution in [1.29, 1.82) is 5.41 Å². The lowest BCUT2D eigenvalue weighted by Crippen LogP contribution is -2.18. The zero-order valence-electron chi connectivity index (χ0n) is 12.8. The van der Waals surface area contributed by atoms with Crippen LogP contribution in [0.25, 0.3) is 0 Å². The molecule has 1 heterocycles. The van der Waals surface area contributed by atoms with E-state index in [2.05, 4.69) is 35.0 Å². The summed E-state index contributed by atoms with van der Waals surface area (Å²) in [5.41, 5.74) is 7.33. The van der Waals surface area contributed by atoms with Gasteiger partial charge >= 0.3 is 0 Å². The van der Waals surface area contributed by atoms with E-state index >= 15 is 0 Å². The average Bonchev–Trinajstić information content (AvgIpc) is 2.88. The second-order valence-corrected chi connectivity index (χ2v) is 6.85. The molecule has 0 radical (unpaired) electrons. The first kappa shape index (κ1) is 15.4. The van der Waals surface area contributed by atoms with Crippen molar-refractivity contribution in [3.63, 3.8) is 0 Å². The first-order chi connectivity index (χ1) is 9.77. The highest BCUT2D eigenvalue weighted by molar-refractivity contribution is 7.09. The maximum atomic E-state index is 7.49. The number of nitrogen functional groups attached to an aromatic ring is 1. The Balaban J connectivity index is 2.14. The molecule has 0 saturated carbocycles. The van der Waals surface area contributed by atoms with Crippen molar-refractivity contribution in [2.45, 2.75) is 32.7 Å². The van der Waals surface area contributed by atoms with Crippen molar-refractivity contribution >= 4 is 22.5 Å². The topological polar surface area (TPSA) is 78.9 Å². The predicted molar refractivity (Wildman–Crippen MR) is 88.2 cm³/mol. The molecule has 0 bridgehead atoms. The molecule has 0 amide bonds. The largest absolute Gasteiger partial charge is 0.384 e. The van der Waals surface area contributed by atoms with Crippen LogP contribution in [0.15, 0.2) is 24.3 Å². The highest BCUT2D eigenvalue weighted by Crippen LogP contribution is 2.25. The van der Waals surface area contributed by atoms with E-state index in [1.807, 2.05) is 31.3 Å². The minimum atomic E-state index is -0.0376. The lowest BCUT2D eigenvalue weighted by molar-refractivity contribution is 0.554. The Morgan fingerprint density at radius 2 is 2.10 bits per heavy atom. The second-order valence-electron chi connectivity index (χ2n) is 6.12. The number of nitrogens with one attached hydrogen (secondary N) is 1. The number of amidine groups is 1. The molecule has 0 fully saturated rings. The molecule has 1 aromatic carbocycles. The third-order valence-electron chi connectivity index (χ3n) is 3.07. The molecule has 2 aromatic rings. The van der Waals surface area contributed by atoms with Crippen molar-refractivity contribution in [2.75, 3.05) is 11.9 Å². The molecule has 2 rings (SSSR count). The summed E-state index contributed by atoms with van der Waals surface area (Å²) in [5.74, 6) is 0.956. The SMILES string of the molecule is CN(Cc1cccc(C(=N)N)c1)c1nc(C(C)(C)C)ns1. The van der Waals surface area contributed by atoms with Gasteiger partial charge in [-0.05, 0) is 11.6 Å². The van der Waals surface area contributed by atoms with Gasteiger partial charge in [0, 0.05) is 36.1 Å². The number of hydrogen-bond donors (Lipinski definition) is 2. The minimum Gasteiger partial charge on any atom is -0.384 e. The summed E-state index contributed by atoms with van der Waals surface area (Å²) in [6.07, 6.45) is 0. The summed E-state index contributed by atoms with van der Waals surface area (Å²) in [7, 11) is 1.99. The first-order valence-corrected chi connectivity index (χ1v) is 7.53. The van der Waals surface area contributed by atoms with Crippen LogP contribution < -0.4 is 10.6 Å². The number of anilines is 1. The fraction of sp³-hybridized carbons (Fsp3) is 0.400. The molecule has 112 valence electrons. The molecule has 3 N–H and O–H groups in total. The summed E-state index contributed by atoms with van der Waals surface area (Å²) in [6, 6.07) is 7.72. The number of benzene rings is 1. The zero-order chi connectivity index (χ0) is 15.6. The monoisotopic (exact) mass is 303 g/mol. The van der Waals surface area contributed by atoms with Crippen LogP contribution in [0.3, 0.4) is 0 Å². The second kappa shape index (κ2) is 5.81. The Morgan fingerprint density at radius 3 is 2.67 bits per heavy atom. The van der Waals surface area contributed by atoms with Crippen LogP contribution in [0.1, 0.15) is 37.7 Å². The molecular weight excluding hydrogens is 282 g/mol. The van der Waals surface area contributed by atoms with Crippen LogP contribution in [0.5, 0.6) is 0 Å². The van der Waals surface area contributed by atoms with E-state index in [1.165, 1.54) is 11.5 Å². The highest BCUT2D eigenvalue weighted by atomic mass is 32.1. The molecular formula is C15H21N5S. The van der Waals surface area contributed by atoms with Crippen LogP contribution in [0.4, 0.5) is 5.13 Å². The average molecular weight is 303 g/mol. The molecule has 0 atom stereocenters. The molecule has 0 saturated heterocycles. The molecule has 0 aliphatic carbocycles. The first-order valence-electron chi connectivity index (χ1n) is 6.76. The number of nitrogens with zero attached hydrogens (tertiary/aromatic N) is 3. The lowest BCUT2D eigenvalue weighted by atomic mass is 9.96. The minimum absolute atomic E-state index is 0.0376.